The third-order valence-corrected chi connectivity index (χ3v) is 2.18. The molecular weight excluding hydrogens is 232 g/mol. The quantitative estimate of drug-likeness (QED) is 0.826. The Balaban J connectivity index is 2.56. The summed E-state index contributed by atoms with van der Waals surface area (Å²) in [6.45, 7) is 3.46. The van der Waals surface area contributed by atoms with Gasteiger partial charge in [-0.05, 0) is 34.5 Å². The van der Waals surface area contributed by atoms with E-state index in [1.54, 1.807) is 7.11 Å². The van der Waals surface area contributed by atoms with E-state index in [0.29, 0.717) is 6.61 Å². The molecule has 0 spiro atoms. The van der Waals surface area contributed by atoms with Crippen LogP contribution in [0.1, 0.15) is 5.56 Å². The maximum Gasteiger partial charge on any atom is 0.140 e. The Hall–Kier alpha value is -0.610. The second-order valence-corrected chi connectivity index (χ2v) is 3.62. The molecule has 0 saturated carbocycles. The highest BCUT2D eigenvalue weighted by Crippen LogP contribution is 2.19. The Bertz CT molecular complexity index is 278. The molecule has 0 amide bonds. The van der Waals surface area contributed by atoms with E-state index < -0.39 is 0 Å². The van der Waals surface area contributed by atoms with Crippen molar-refractivity contribution in [3.63, 3.8) is 0 Å². The normalized spacial score (nSPS) is 10.1. The molecule has 0 aromatic carbocycles. The van der Waals surface area contributed by atoms with Gasteiger partial charge in [0, 0.05) is 19.9 Å². The van der Waals surface area contributed by atoms with Gasteiger partial charge >= 0.3 is 0 Å². The maximum atomic E-state index is 4.92. The average molecular weight is 245 g/mol. The third kappa shape index (κ3) is 3.32. The Morgan fingerprint density at radius 3 is 3.00 bits per heavy atom. The van der Waals surface area contributed by atoms with Crippen LogP contribution in [0.15, 0.2) is 16.7 Å². The second kappa shape index (κ2) is 5.19. The van der Waals surface area contributed by atoms with Crippen molar-refractivity contribution in [3.05, 3.63) is 22.3 Å². The standard InChI is InChI=1S/C9H13BrN2O/c1-7-5-8(10)9(12-6-7)11-3-4-13-2/h5-6H,3-4H2,1-2H3,(H,11,12). The van der Waals surface area contributed by atoms with Gasteiger partial charge in [-0.2, -0.15) is 0 Å². The number of hydrogen-bond acceptors (Lipinski definition) is 3. The van der Waals surface area contributed by atoms with Crippen molar-refractivity contribution in [1.29, 1.82) is 0 Å². The summed E-state index contributed by atoms with van der Waals surface area (Å²) in [4.78, 5) is 4.24. The fourth-order valence-corrected chi connectivity index (χ4v) is 1.54. The van der Waals surface area contributed by atoms with Crippen LogP contribution in [0, 0.1) is 6.92 Å². The van der Waals surface area contributed by atoms with Gasteiger partial charge in [-0.15, -0.1) is 0 Å². The largest absolute Gasteiger partial charge is 0.383 e. The molecule has 0 aliphatic carbocycles. The zero-order valence-electron chi connectivity index (χ0n) is 7.80. The van der Waals surface area contributed by atoms with E-state index in [9.17, 15) is 0 Å². The van der Waals surface area contributed by atoms with Crippen molar-refractivity contribution in [2.45, 2.75) is 6.92 Å². The van der Waals surface area contributed by atoms with Crippen LogP contribution in [0.5, 0.6) is 0 Å². The summed E-state index contributed by atoms with van der Waals surface area (Å²) in [5.41, 5.74) is 1.14. The lowest BCUT2D eigenvalue weighted by Crippen LogP contribution is -2.09. The molecule has 4 heteroatoms. The van der Waals surface area contributed by atoms with E-state index in [2.05, 4.69) is 26.2 Å². The monoisotopic (exact) mass is 244 g/mol. The van der Waals surface area contributed by atoms with Crippen molar-refractivity contribution in [2.24, 2.45) is 0 Å². The molecular formula is C9H13BrN2O. The van der Waals surface area contributed by atoms with Crippen molar-refractivity contribution < 1.29 is 4.74 Å². The average Bonchev–Trinajstić information content (AvgIpc) is 2.09. The molecule has 1 aromatic heterocycles. The molecule has 1 N–H and O–H groups in total. The van der Waals surface area contributed by atoms with Crippen LogP contribution in [-0.2, 0) is 4.74 Å². The van der Waals surface area contributed by atoms with Gasteiger partial charge in [-0.25, -0.2) is 4.98 Å². The van der Waals surface area contributed by atoms with E-state index in [-0.39, 0.29) is 0 Å². The first-order chi connectivity index (χ1) is 6.24. The fourth-order valence-electron chi connectivity index (χ4n) is 0.935. The van der Waals surface area contributed by atoms with E-state index in [1.165, 1.54) is 0 Å². The lowest BCUT2D eigenvalue weighted by molar-refractivity contribution is 0.210. The molecule has 0 radical (unpaired) electrons. The molecule has 0 saturated heterocycles. The number of nitrogens with one attached hydrogen (secondary N) is 1. The summed E-state index contributed by atoms with van der Waals surface area (Å²) in [7, 11) is 1.68. The number of rotatable bonds is 4. The zero-order chi connectivity index (χ0) is 9.68. The van der Waals surface area contributed by atoms with E-state index in [1.807, 2.05) is 19.2 Å². The third-order valence-electron chi connectivity index (χ3n) is 1.58. The van der Waals surface area contributed by atoms with Gasteiger partial charge < -0.3 is 10.1 Å². The minimum absolute atomic E-state index is 0.683. The molecule has 0 atom stereocenters. The maximum absolute atomic E-state index is 4.92. The number of pyridine rings is 1. The SMILES string of the molecule is COCCNc1ncc(C)cc1Br. The predicted octanol–water partition coefficient (Wildman–Crippen LogP) is 2.21. The number of halogens is 1. The molecule has 72 valence electrons. The predicted molar refractivity (Wildman–Crippen MR) is 57.0 cm³/mol. The number of anilines is 1. The minimum Gasteiger partial charge on any atom is -0.383 e. The molecule has 3 nitrogen and oxygen atoms in total. The Labute approximate surface area is 86.6 Å². The van der Waals surface area contributed by atoms with E-state index in [0.717, 1.165) is 22.4 Å². The Morgan fingerprint density at radius 1 is 1.62 bits per heavy atom. The zero-order valence-corrected chi connectivity index (χ0v) is 9.39. The van der Waals surface area contributed by atoms with Crippen LogP contribution in [-0.4, -0.2) is 25.2 Å². The van der Waals surface area contributed by atoms with Gasteiger partial charge in [0.25, 0.3) is 0 Å². The van der Waals surface area contributed by atoms with Crippen LogP contribution in [0.2, 0.25) is 0 Å². The molecule has 1 heterocycles. The van der Waals surface area contributed by atoms with Gasteiger partial charge in [-0.1, -0.05) is 0 Å². The molecule has 0 fully saturated rings. The first kappa shape index (κ1) is 10.5. The van der Waals surface area contributed by atoms with Gasteiger partial charge in [0.2, 0.25) is 0 Å². The van der Waals surface area contributed by atoms with Crippen LogP contribution in [0.25, 0.3) is 0 Å². The van der Waals surface area contributed by atoms with Crippen LogP contribution >= 0.6 is 15.9 Å². The molecule has 1 rings (SSSR count). The van der Waals surface area contributed by atoms with Crippen LogP contribution < -0.4 is 5.32 Å². The minimum atomic E-state index is 0.683. The second-order valence-electron chi connectivity index (χ2n) is 2.76. The topological polar surface area (TPSA) is 34.1 Å². The van der Waals surface area contributed by atoms with Crippen molar-refractivity contribution in [1.82, 2.24) is 4.98 Å². The smallest absolute Gasteiger partial charge is 0.140 e. The van der Waals surface area contributed by atoms with Gasteiger partial charge in [-0.3, -0.25) is 0 Å². The first-order valence-corrected chi connectivity index (χ1v) is 4.88. The van der Waals surface area contributed by atoms with E-state index >= 15 is 0 Å². The van der Waals surface area contributed by atoms with Crippen molar-refractivity contribution in [3.8, 4) is 0 Å². The Morgan fingerprint density at radius 2 is 2.38 bits per heavy atom. The fraction of sp³-hybridized carbons (Fsp3) is 0.444. The number of methoxy groups -OCH3 is 1. The summed E-state index contributed by atoms with van der Waals surface area (Å²) in [5.74, 6) is 0.864. The summed E-state index contributed by atoms with van der Waals surface area (Å²) in [6.07, 6.45) is 1.83. The highest BCUT2D eigenvalue weighted by Gasteiger charge is 1.99. The molecule has 0 bridgehead atoms. The highest BCUT2D eigenvalue weighted by molar-refractivity contribution is 9.10. The van der Waals surface area contributed by atoms with Crippen molar-refractivity contribution >= 4 is 21.7 Å². The van der Waals surface area contributed by atoms with Gasteiger partial charge in [0.1, 0.15) is 5.82 Å². The lowest BCUT2D eigenvalue weighted by atomic mass is 10.3. The highest BCUT2D eigenvalue weighted by atomic mass is 79.9. The van der Waals surface area contributed by atoms with Crippen LogP contribution in [0.4, 0.5) is 5.82 Å². The summed E-state index contributed by atoms with van der Waals surface area (Å²) < 4.78 is 5.91. The lowest BCUT2D eigenvalue weighted by Gasteiger charge is -2.06. The molecule has 13 heavy (non-hydrogen) atoms. The molecule has 0 aliphatic rings. The Kier molecular flexibility index (Phi) is 4.18. The number of hydrogen-bond donors (Lipinski definition) is 1. The first-order valence-electron chi connectivity index (χ1n) is 4.09. The molecule has 0 aliphatic heterocycles. The number of aromatic nitrogens is 1. The summed E-state index contributed by atoms with van der Waals surface area (Å²) in [6, 6.07) is 2.03. The molecule has 0 unspecified atom stereocenters. The number of aryl methyl sites for hydroxylation is 1. The molecule has 1 aromatic rings. The number of nitrogens with zero attached hydrogens (tertiary/aromatic N) is 1. The van der Waals surface area contributed by atoms with Gasteiger partial charge in [0.05, 0.1) is 11.1 Å². The van der Waals surface area contributed by atoms with Gasteiger partial charge in [0.15, 0.2) is 0 Å². The van der Waals surface area contributed by atoms with Crippen LogP contribution in [0.3, 0.4) is 0 Å². The summed E-state index contributed by atoms with van der Waals surface area (Å²) >= 11 is 3.43. The number of ether oxygens (including phenoxy) is 1. The summed E-state index contributed by atoms with van der Waals surface area (Å²) in [5, 5.41) is 3.16. The van der Waals surface area contributed by atoms with E-state index in [4.69, 9.17) is 4.74 Å². The van der Waals surface area contributed by atoms with Crippen molar-refractivity contribution in [2.75, 3.05) is 25.6 Å².